The first-order chi connectivity index (χ1) is 14.7. The zero-order valence-electron chi connectivity index (χ0n) is 18.2. The number of halogens is 4. The Kier molecular flexibility index (Phi) is 8.11. The molecule has 0 amide bonds. The lowest BCUT2D eigenvalue weighted by molar-refractivity contribution is 0.0503. The van der Waals surface area contributed by atoms with Gasteiger partial charge in [-0.1, -0.05) is 23.2 Å². The predicted octanol–water partition coefficient (Wildman–Crippen LogP) is 6.40. The first-order valence-electron chi connectivity index (χ1n) is 10.7. The van der Waals surface area contributed by atoms with E-state index >= 15 is 0 Å². The van der Waals surface area contributed by atoms with Crippen molar-refractivity contribution in [1.82, 2.24) is 9.80 Å². The largest absolute Gasteiger partial charge is 0.478 e. The van der Waals surface area contributed by atoms with Gasteiger partial charge in [0.25, 0.3) is 0 Å². The third kappa shape index (κ3) is 5.57. The first-order valence-corrected chi connectivity index (χ1v) is 11.5. The Morgan fingerprint density at radius 2 is 1.81 bits per heavy atom. The van der Waals surface area contributed by atoms with Gasteiger partial charge < -0.3 is 5.11 Å². The molecule has 0 unspecified atom stereocenters. The molecule has 2 aromatic rings. The third-order valence-corrected chi connectivity index (χ3v) is 6.93. The molecule has 32 heavy (non-hydrogen) atoms. The fourth-order valence-corrected chi connectivity index (χ4v) is 5.26. The fraction of sp³-hybridized carbons (Fsp3) is 0.458. The van der Waals surface area contributed by atoms with Crippen LogP contribution in [0.2, 0.25) is 10.0 Å². The molecule has 2 atom stereocenters. The van der Waals surface area contributed by atoms with Crippen LogP contribution in [0.1, 0.15) is 65.7 Å². The van der Waals surface area contributed by atoms with Gasteiger partial charge in [-0.2, -0.15) is 0 Å². The molecular formula is C24H28Cl3FN2O2. The minimum absolute atomic E-state index is 0. The number of carbonyl (C=O) groups is 1. The molecule has 1 aliphatic carbocycles. The number of aromatic carboxylic acids is 1. The maximum atomic E-state index is 14.4. The number of benzene rings is 2. The molecule has 1 heterocycles. The molecule has 4 nitrogen and oxygen atoms in total. The molecule has 2 aromatic carbocycles. The Balaban J connectivity index is 0.00000289. The van der Waals surface area contributed by atoms with Crippen LogP contribution in [-0.2, 0) is 6.54 Å². The number of piperazine rings is 1. The predicted molar refractivity (Wildman–Crippen MR) is 129 cm³/mol. The summed E-state index contributed by atoms with van der Waals surface area (Å²) in [5.41, 5.74) is 2.79. The van der Waals surface area contributed by atoms with Gasteiger partial charge in [0, 0.05) is 48.3 Å². The lowest BCUT2D eigenvalue weighted by Gasteiger charge is -2.43. The van der Waals surface area contributed by atoms with Crippen LogP contribution in [0.15, 0.2) is 30.3 Å². The molecule has 0 radical (unpaired) electrons. The van der Waals surface area contributed by atoms with Crippen molar-refractivity contribution in [2.45, 2.75) is 51.2 Å². The van der Waals surface area contributed by atoms with Crippen molar-refractivity contribution in [3.05, 3.63) is 68.4 Å². The third-order valence-electron chi connectivity index (χ3n) is 6.50. The SMILES string of the molecule is C[C@@H]1CN(Cc2cc(F)c(C(=O)O)cc2C2CC2)CCN1[C@H](C)c1cc(Cl)cc(Cl)c1.Cl. The van der Waals surface area contributed by atoms with E-state index in [1.54, 1.807) is 12.1 Å². The summed E-state index contributed by atoms with van der Waals surface area (Å²) in [7, 11) is 0. The highest BCUT2D eigenvalue weighted by Gasteiger charge is 2.31. The molecule has 1 saturated heterocycles. The summed E-state index contributed by atoms with van der Waals surface area (Å²) in [6.45, 7) is 7.59. The van der Waals surface area contributed by atoms with Crippen molar-refractivity contribution in [3.8, 4) is 0 Å². The van der Waals surface area contributed by atoms with E-state index in [0.29, 0.717) is 28.5 Å². The minimum Gasteiger partial charge on any atom is -0.478 e. The number of carboxylic acids is 1. The summed E-state index contributed by atoms with van der Waals surface area (Å²) in [5, 5.41) is 10.6. The van der Waals surface area contributed by atoms with Crippen LogP contribution in [0.25, 0.3) is 0 Å². The monoisotopic (exact) mass is 500 g/mol. The second-order valence-electron chi connectivity index (χ2n) is 8.81. The topological polar surface area (TPSA) is 43.8 Å². The average molecular weight is 502 g/mol. The summed E-state index contributed by atoms with van der Waals surface area (Å²) < 4.78 is 14.4. The number of hydrogen-bond donors (Lipinski definition) is 1. The zero-order chi connectivity index (χ0) is 22.3. The van der Waals surface area contributed by atoms with Gasteiger partial charge in [-0.05, 0) is 79.6 Å². The second kappa shape index (κ2) is 10.3. The van der Waals surface area contributed by atoms with Crippen molar-refractivity contribution >= 4 is 41.6 Å². The maximum Gasteiger partial charge on any atom is 0.338 e. The normalized spacial score (nSPS) is 20.6. The molecule has 4 rings (SSSR count). The molecule has 2 aliphatic rings. The van der Waals surface area contributed by atoms with Crippen LogP contribution < -0.4 is 0 Å². The van der Waals surface area contributed by atoms with Gasteiger partial charge in [0.15, 0.2) is 0 Å². The number of nitrogens with zero attached hydrogens (tertiary/aromatic N) is 2. The Morgan fingerprint density at radius 1 is 1.16 bits per heavy atom. The average Bonchev–Trinajstić information content (AvgIpc) is 3.52. The van der Waals surface area contributed by atoms with Crippen molar-refractivity contribution in [3.63, 3.8) is 0 Å². The summed E-state index contributed by atoms with van der Waals surface area (Å²) in [6.07, 6.45) is 2.09. The second-order valence-corrected chi connectivity index (χ2v) is 9.68. The first kappa shape index (κ1) is 25.3. The lowest BCUT2D eigenvalue weighted by atomic mass is 9.98. The molecule has 0 bridgehead atoms. The molecule has 174 valence electrons. The lowest BCUT2D eigenvalue weighted by Crippen LogP contribution is -2.52. The van der Waals surface area contributed by atoms with Gasteiger partial charge >= 0.3 is 5.97 Å². The molecule has 1 aliphatic heterocycles. The molecule has 1 saturated carbocycles. The van der Waals surface area contributed by atoms with Crippen LogP contribution >= 0.6 is 35.6 Å². The van der Waals surface area contributed by atoms with E-state index < -0.39 is 11.8 Å². The van der Waals surface area contributed by atoms with E-state index in [1.165, 1.54) is 6.07 Å². The summed E-state index contributed by atoms with van der Waals surface area (Å²) in [6, 6.07) is 9.14. The van der Waals surface area contributed by atoms with Crippen molar-refractivity contribution in [2.24, 2.45) is 0 Å². The highest BCUT2D eigenvalue weighted by molar-refractivity contribution is 6.34. The van der Waals surface area contributed by atoms with Gasteiger partial charge in [0.2, 0.25) is 0 Å². The Labute approximate surface area is 204 Å². The highest BCUT2D eigenvalue weighted by Crippen LogP contribution is 2.43. The van der Waals surface area contributed by atoms with Crippen LogP contribution in [0.5, 0.6) is 0 Å². The van der Waals surface area contributed by atoms with Crippen LogP contribution in [0.4, 0.5) is 4.39 Å². The summed E-state index contributed by atoms with van der Waals surface area (Å²) in [4.78, 5) is 16.1. The smallest absolute Gasteiger partial charge is 0.338 e. The van der Waals surface area contributed by atoms with E-state index in [-0.39, 0.29) is 24.0 Å². The van der Waals surface area contributed by atoms with Gasteiger partial charge in [0.05, 0.1) is 5.56 Å². The molecule has 1 N–H and O–H groups in total. The Bertz CT molecular complexity index is 979. The maximum absolute atomic E-state index is 14.4. The summed E-state index contributed by atoms with van der Waals surface area (Å²) >= 11 is 12.4. The zero-order valence-corrected chi connectivity index (χ0v) is 20.5. The van der Waals surface area contributed by atoms with Crippen LogP contribution in [0, 0.1) is 5.82 Å². The summed E-state index contributed by atoms with van der Waals surface area (Å²) in [5.74, 6) is -1.49. The standard InChI is InChI=1S/C24H27Cl2FN2O2.ClH/c1-14-12-28(5-6-29(14)15(2)17-7-19(25)10-20(26)8-17)13-18-9-23(27)22(24(30)31)11-21(18)16-3-4-16;/h7-11,14-16H,3-6,12-13H2,1-2H3,(H,30,31);1H/t14-,15-;/m1./s1. The number of hydrogen-bond acceptors (Lipinski definition) is 3. The highest BCUT2D eigenvalue weighted by atomic mass is 35.5. The van der Waals surface area contributed by atoms with Gasteiger partial charge in [-0.15, -0.1) is 12.4 Å². The van der Waals surface area contributed by atoms with Crippen molar-refractivity contribution < 1.29 is 14.3 Å². The number of carboxylic acid groups (broad SMARTS) is 1. The molecular weight excluding hydrogens is 474 g/mol. The van der Waals surface area contributed by atoms with E-state index in [0.717, 1.165) is 49.2 Å². The quantitative estimate of drug-likeness (QED) is 0.497. The molecule has 2 fully saturated rings. The van der Waals surface area contributed by atoms with E-state index in [2.05, 4.69) is 23.6 Å². The van der Waals surface area contributed by atoms with Gasteiger partial charge in [0.1, 0.15) is 5.82 Å². The molecule has 0 spiro atoms. The van der Waals surface area contributed by atoms with Crippen LogP contribution in [-0.4, -0.2) is 46.6 Å². The number of rotatable bonds is 6. The molecule has 0 aromatic heterocycles. The van der Waals surface area contributed by atoms with E-state index in [4.69, 9.17) is 23.2 Å². The Hall–Kier alpha value is -1.37. The Morgan fingerprint density at radius 3 is 2.38 bits per heavy atom. The van der Waals surface area contributed by atoms with Crippen LogP contribution in [0.3, 0.4) is 0 Å². The van der Waals surface area contributed by atoms with Crippen molar-refractivity contribution in [1.29, 1.82) is 0 Å². The minimum atomic E-state index is -1.21. The van der Waals surface area contributed by atoms with Gasteiger partial charge in [-0.25, -0.2) is 9.18 Å². The van der Waals surface area contributed by atoms with Gasteiger partial charge in [-0.3, -0.25) is 9.80 Å². The van der Waals surface area contributed by atoms with E-state index in [1.807, 2.05) is 12.1 Å². The fourth-order valence-electron chi connectivity index (χ4n) is 4.72. The molecule has 8 heteroatoms. The van der Waals surface area contributed by atoms with Crippen molar-refractivity contribution in [2.75, 3.05) is 19.6 Å². The van der Waals surface area contributed by atoms with E-state index in [9.17, 15) is 14.3 Å².